The van der Waals surface area contributed by atoms with Crippen LogP contribution in [0.25, 0.3) is 0 Å². The number of aromatic nitrogens is 3. The highest BCUT2D eigenvalue weighted by Crippen LogP contribution is 2.34. The third-order valence-electron chi connectivity index (χ3n) is 5.04. The van der Waals surface area contributed by atoms with Crippen LogP contribution in [0.3, 0.4) is 0 Å². The molecule has 0 aliphatic rings. The topological polar surface area (TPSA) is 78.3 Å². The Kier molecular flexibility index (Phi) is 8.49. The fourth-order valence-corrected chi connectivity index (χ4v) is 4.44. The molecule has 2 aromatic carbocycles. The van der Waals surface area contributed by atoms with E-state index in [1.165, 1.54) is 17.8 Å². The summed E-state index contributed by atoms with van der Waals surface area (Å²) in [7, 11) is 1.58. The number of carbonyl (C=O) groups is 1. The predicted octanol–water partition coefficient (Wildman–Crippen LogP) is 5.80. The highest BCUT2D eigenvalue weighted by atomic mass is 32.2. The number of hydrogen-bond donors (Lipinski definition) is 1. The fraction of sp³-hybridized carbons (Fsp3) is 0.375. The van der Waals surface area contributed by atoms with Gasteiger partial charge >= 0.3 is 0 Å². The zero-order chi connectivity index (χ0) is 24.8. The third-order valence-corrected chi connectivity index (χ3v) is 6.36. The molecule has 1 heterocycles. The molecule has 3 rings (SSSR count). The highest BCUT2D eigenvalue weighted by Gasteiger charge is 2.27. The second-order valence-corrected chi connectivity index (χ2v) is 9.01. The summed E-state index contributed by atoms with van der Waals surface area (Å²) in [4.78, 5) is 12.8. The van der Waals surface area contributed by atoms with Crippen LogP contribution in [0.1, 0.15) is 52.1 Å². The van der Waals surface area contributed by atoms with E-state index >= 15 is 0 Å². The number of nitrogens with zero attached hydrogens (tertiary/aromatic N) is 3. The van der Waals surface area contributed by atoms with Gasteiger partial charge in [-0.3, -0.25) is 4.79 Å². The van der Waals surface area contributed by atoms with E-state index in [9.17, 15) is 13.6 Å². The maximum Gasteiger partial charge on any atom is 0.238 e. The number of halogens is 2. The average Bonchev–Trinajstić information content (AvgIpc) is 3.23. The number of para-hydroxylation sites is 2. The van der Waals surface area contributed by atoms with Gasteiger partial charge in [-0.05, 0) is 51.5 Å². The number of thioether (sulfide) groups is 1. The van der Waals surface area contributed by atoms with Gasteiger partial charge in [-0.2, -0.15) is 0 Å². The maximum absolute atomic E-state index is 14.0. The van der Waals surface area contributed by atoms with E-state index in [1.807, 2.05) is 56.5 Å². The lowest BCUT2D eigenvalue weighted by Gasteiger charge is -2.21. The predicted molar refractivity (Wildman–Crippen MR) is 127 cm³/mol. The molecule has 10 heteroatoms. The Hall–Kier alpha value is -3.14. The Bertz CT molecular complexity index is 1140. The van der Waals surface area contributed by atoms with E-state index in [1.54, 1.807) is 7.11 Å². The molecule has 0 saturated heterocycles. The number of benzene rings is 2. The van der Waals surface area contributed by atoms with Crippen LogP contribution in [0.2, 0.25) is 0 Å². The van der Waals surface area contributed by atoms with E-state index in [4.69, 9.17) is 9.47 Å². The van der Waals surface area contributed by atoms with Crippen molar-refractivity contribution in [1.82, 2.24) is 14.8 Å². The maximum atomic E-state index is 14.0. The number of carbonyl (C=O) groups excluding carboxylic acids is 1. The summed E-state index contributed by atoms with van der Waals surface area (Å²) in [5.74, 6) is -0.158. The molecule has 0 saturated carbocycles. The number of rotatable bonds is 10. The number of amides is 1. The Morgan fingerprint density at radius 3 is 2.44 bits per heavy atom. The molecule has 1 aromatic heterocycles. The first kappa shape index (κ1) is 25.5. The van der Waals surface area contributed by atoms with Crippen LogP contribution in [-0.4, -0.2) is 33.0 Å². The first-order valence-corrected chi connectivity index (χ1v) is 11.8. The minimum Gasteiger partial charge on any atom is -0.493 e. The van der Waals surface area contributed by atoms with Crippen molar-refractivity contribution in [2.24, 2.45) is 0 Å². The van der Waals surface area contributed by atoms with Gasteiger partial charge in [-0.25, -0.2) is 8.78 Å². The van der Waals surface area contributed by atoms with Crippen molar-refractivity contribution < 1.29 is 23.0 Å². The summed E-state index contributed by atoms with van der Waals surface area (Å²) in [6, 6.07) is 10.4. The second-order valence-electron chi connectivity index (χ2n) is 7.84. The van der Waals surface area contributed by atoms with Crippen molar-refractivity contribution in [2.45, 2.75) is 56.7 Å². The van der Waals surface area contributed by atoms with Gasteiger partial charge in [0, 0.05) is 12.1 Å². The molecule has 2 atom stereocenters. The summed E-state index contributed by atoms with van der Waals surface area (Å²) in [5.41, 5.74) is -0.0738. The number of methoxy groups -OCH3 is 1. The van der Waals surface area contributed by atoms with Gasteiger partial charge in [0.1, 0.15) is 11.6 Å². The zero-order valence-corrected chi connectivity index (χ0v) is 20.5. The van der Waals surface area contributed by atoms with Crippen LogP contribution in [0.4, 0.5) is 14.5 Å². The minimum absolute atomic E-state index is 0.00803. The fourth-order valence-electron chi connectivity index (χ4n) is 3.34. The molecule has 34 heavy (non-hydrogen) atoms. The monoisotopic (exact) mass is 490 g/mol. The molecule has 0 aliphatic heterocycles. The summed E-state index contributed by atoms with van der Waals surface area (Å²) < 4.78 is 40.5. The van der Waals surface area contributed by atoms with Crippen LogP contribution < -0.4 is 14.8 Å². The van der Waals surface area contributed by atoms with Gasteiger partial charge in [0.05, 0.1) is 18.0 Å². The Labute approximate surface area is 201 Å². The first-order chi connectivity index (χ1) is 16.2. The molecule has 0 fully saturated rings. The Morgan fingerprint density at radius 2 is 1.82 bits per heavy atom. The highest BCUT2D eigenvalue weighted by molar-refractivity contribution is 8.00. The van der Waals surface area contributed by atoms with E-state index in [0.717, 1.165) is 12.1 Å². The third kappa shape index (κ3) is 5.85. The van der Waals surface area contributed by atoms with Crippen LogP contribution in [-0.2, 0) is 4.79 Å². The molecule has 3 aromatic rings. The Balaban J connectivity index is 1.80. The van der Waals surface area contributed by atoms with Gasteiger partial charge in [0.2, 0.25) is 5.91 Å². The number of nitrogens with one attached hydrogen (secondary N) is 1. The van der Waals surface area contributed by atoms with Crippen LogP contribution in [0.15, 0.2) is 47.6 Å². The van der Waals surface area contributed by atoms with Crippen LogP contribution in [0.5, 0.6) is 11.5 Å². The number of ether oxygens (including phenoxy) is 2. The van der Waals surface area contributed by atoms with Crippen LogP contribution in [0, 0.1) is 11.6 Å². The zero-order valence-electron chi connectivity index (χ0n) is 19.7. The van der Waals surface area contributed by atoms with Gasteiger partial charge in [0.15, 0.2) is 28.6 Å². The molecule has 0 spiro atoms. The first-order valence-electron chi connectivity index (χ1n) is 10.9. The molecule has 1 amide bonds. The van der Waals surface area contributed by atoms with E-state index in [0.29, 0.717) is 28.9 Å². The summed E-state index contributed by atoms with van der Waals surface area (Å²) in [5, 5.41) is 11.2. The normalized spacial score (nSPS) is 12.9. The van der Waals surface area contributed by atoms with Crippen molar-refractivity contribution in [3.05, 3.63) is 59.9 Å². The molecule has 7 nitrogen and oxygen atoms in total. The summed E-state index contributed by atoms with van der Waals surface area (Å²) in [6.07, 6.45) is 0.0233. The quantitative estimate of drug-likeness (QED) is 0.362. The summed E-state index contributed by atoms with van der Waals surface area (Å²) in [6.45, 7) is 7.69. The van der Waals surface area contributed by atoms with Crippen molar-refractivity contribution in [3.8, 4) is 11.5 Å². The lowest BCUT2D eigenvalue weighted by molar-refractivity contribution is -0.115. The van der Waals surface area contributed by atoms with Gasteiger partial charge in [0.25, 0.3) is 0 Å². The summed E-state index contributed by atoms with van der Waals surface area (Å²) >= 11 is 1.23. The molecule has 0 bridgehead atoms. The van der Waals surface area contributed by atoms with Gasteiger partial charge in [-0.15, -0.1) is 10.2 Å². The van der Waals surface area contributed by atoms with E-state index in [-0.39, 0.29) is 11.7 Å². The molecule has 0 aliphatic carbocycles. The number of hydrogen-bond acceptors (Lipinski definition) is 6. The average molecular weight is 491 g/mol. The van der Waals surface area contributed by atoms with Crippen molar-refractivity contribution in [2.75, 3.05) is 12.4 Å². The van der Waals surface area contributed by atoms with Crippen LogP contribution >= 0.6 is 11.8 Å². The lowest BCUT2D eigenvalue weighted by Crippen LogP contribution is -2.26. The molecule has 182 valence electrons. The number of anilines is 1. The van der Waals surface area contributed by atoms with Crippen molar-refractivity contribution in [3.63, 3.8) is 0 Å². The van der Waals surface area contributed by atoms with Crippen molar-refractivity contribution in [1.29, 1.82) is 0 Å². The van der Waals surface area contributed by atoms with E-state index in [2.05, 4.69) is 15.5 Å². The van der Waals surface area contributed by atoms with E-state index < -0.39 is 28.9 Å². The lowest BCUT2D eigenvalue weighted by atomic mass is 10.2. The molecular formula is C24H28F2N4O3S. The SMILES string of the molecule is CCC(Sc1nnc(C(C)Oc2ccccc2OC)n1C(C)C)C(=O)Nc1ccc(F)cc1F. The van der Waals surface area contributed by atoms with Gasteiger partial charge in [-0.1, -0.05) is 30.8 Å². The minimum atomic E-state index is -0.830. The second kappa shape index (κ2) is 11.3. The van der Waals surface area contributed by atoms with Crippen molar-refractivity contribution >= 4 is 23.4 Å². The Morgan fingerprint density at radius 1 is 1.12 bits per heavy atom. The molecule has 2 unspecified atom stereocenters. The van der Waals surface area contributed by atoms with Gasteiger partial charge < -0.3 is 19.4 Å². The smallest absolute Gasteiger partial charge is 0.238 e. The molecular weight excluding hydrogens is 462 g/mol. The molecule has 1 N–H and O–H groups in total. The molecule has 0 radical (unpaired) electrons. The largest absolute Gasteiger partial charge is 0.493 e. The standard InChI is InChI=1S/C24H28F2N4O3S/c1-6-21(23(31)27-18-12-11-16(25)13-17(18)26)34-24-29-28-22(30(24)14(2)3)15(4)33-20-10-8-7-9-19(20)32-5/h7-15,21H,6H2,1-5H3,(H,27,31).